The van der Waals surface area contributed by atoms with Crippen LogP contribution in [0.15, 0.2) is 54.9 Å². The smallest absolute Gasteiger partial charge is 0.228 e. The summed E-state index contributed by atoms with van der Waals surface area (Å²) in [6.45, 7) is 1.97. The second-order valence-corrected chi connectivity index (χ2v) is 9.83. The molecule has 2 fully saturated rings. The molecule has 0 bridgehead atoms. The molecule has 2 saturated carbocycles. The minimum absolute atomic E-state index is 0.00534. The number of aromatic nitrogens is 2. The summed E-state index contributed by atoms with van der Waals surface area (Å²) >= 11 is 0. The van der Waals surface area contributed by atoms with Gasteiger partial charge in [0.15, 0.2) is 0 Å². The fraction of sp³-hybridized carbons (Fsp3) is 0.379. The van der Waals surface area contributed by atoms with E-state index < -0.39 is 0 Å². The first-order chi connectivity index (χ1) is 17.5. The molecule has 7 nitrogen and oxygen atoms in total. The lowest BCUT2D eigenvalue weighted by Crippen LogP contribution is -2.29. The van der Waals surface area contributed by atoms with Gasteiger partial charge in [-0.25, -0.2) is 4.98 Å². The molecule has 2 aliphatic carbocycles. The van der Waals surface area contributed by atoms with Crippen molar-refractivity contribution in [1.29, 1.82) is 0 Å². The van der Waals surface area contributed by atoms with E-state index in [1.54, 1.807) is 19.5 Å². The second kappa shape index (κ2) is 10.6. The van der Waals surface area contributed by atoms with Crippen molar-refractivity contribution in [1.82, 2.24) is 9.97 Å². The Labute approximate surface area is 211 Å². The minimum atomic E-state index is 0.00534. The monoisotopic (exact) mass is 484 g/mol. The van der Waals surface area contributed by atoms with E-state index >= 15 is 0 Å². The van der Waals surface area contributed by atoms with E-state index in [4.69, 9.17) is 4.74 Å². The number of ether oxygens (including phenoxy) is 1. The number of carbonyl (C=O) groups excluding carboxylic acids is 2. The van der Waals surface area contributed by atoms with Crippen molar-refractivity contribution in [2.75, 3.05) is 17.7 Å². The van der Waals surface area contributed by atoms with Crippen molar-refractivity contribution in [2.24, 2.45) is 11.8 Å². The van der Waals surface area contributed by atoms with Gasteiger partial charge in [0, 0.05) is 36.4 Å². The number of anilines is 2. The molecule has 0 saturated heterocycles. The van der Waals surface area contributed by atoms with Gasteiger partial charge in [-0.15, -0.1) is 0 Å². The highest BCUT2D eigenvalue weighted by molar-refractivity contribution is 5.94. The Morgan fingerprint density at radius 2 is 1.50 bits per heavy atom. The van der Waals surface area contributed by atoms with Gasteiger partial charge in [-0.3, -0.25) is 14.6 Å². The maximum atomic E-state index is 12.9. The van der Waals surface area contributed by atoms with Crippen molar-refractivity contribution in [3.63, 3.8) is 0 Å². The predicted molar refractivity (Wildman–Crippen MR) is 140 cm³/mol. The number of aryl methyl sites for hydroxylation is 1. The molecule has 0 aliphatic heterocycles. The van der Waals surface area contributed by atoms with E-state index in [9.17, 15) is 9.59 Å². The van der Waals surface area contributed by atoms with E-state index in [1.807, 2.05) is 43.3 Å². The molecule has 0 atom stereocenters. The average Bonchev–Trinajstić information content (AvgIpc) is 3.76. The van der Waals surface area contributed by atoms with Crippen molar-refractivity contribution in [2.45, 2.75) is 51.6 Å². The van der Waals surface area contributed by atoms with Crippen LogP contribution in [0.3, 0.4) is 0 Å². The Bertz CT molecular complexity index is 1260. The van der Waals surface area contributed by atoms with E-state index in [0.717, 1.165) is 66.5 Å². The second-order valence-electron chi connectivity index (χ2n) is 9.83. The van der Waals surface area contributed by atoms with Gasteiger partial charge in [0.2, 0.25) is 11.8 Å². The maximum absolute atomic E-state index is 12.9. The van der Waals surface area contributed by atoms with Crippen LogP contribution in [0.2, 0.25) is 0 Å². The zero-order valence-electron chi connectivity index (χ0n) is 20.8. The number of hydrogen-bond donors (Lipinski definition) is 2. The number of methoxy groups -OCH3 is 1. The number of amides is 2. The molecule has 2 N–H and O–H groups in total. The number of benzene rings is 1. The first-order valence-corrected chi connectivity index (χ1v) is 12.7. The van der Waals surface area contributed by atoms with Gasteiger partial charge in [-0.2, -0.15) is 0 Å². The predicted octanol–water partition coefficient (Wildman–Crippen LogP) is 5.61. The molecular weight excluding hydrogens is 452 g/mol. The normalized spacial score (nSPS) is 19.5. The zero-order chi connectivity index (χ0) is 25.1. The standard InChI is InChI=1S/C29H32N4O3/c1-18-26(16-24(17-31-18)32-28(34)20-8-10-25(36-2)11-9-20)23-5-3-4-21(14-23)22-12-13-30-27(15-22)33-29(35)19-6-7-19/h3-5,12-17,19-20,25H,6-11H2,1-2H3,(H,32,34)(H,30,33,35). The summed E-state index contributed by atoms with van der Waals surface area (Å²) in [5, 5.41) is 6.00. The van der Waals surface area contributed by atoms with Crippen LogP contribution >= 0.6 is 0 Å². The summed E-state index contributed by atoms with van der Waals surface area (Å²) in [5.41, 5.74) is 5.55. The van der Waals surface area contributed by atoms with Crippen LogP contribution < -0.4 is 10.6 Å². The minimum Gasteiger partial charge on any atom is -0.381 e. The summed E-state index contributed by atoms with van der Waals surface area (Å²) in [7, 11) is 1.74. The molecule has 0 unspecified atom stereocenters. The van der Waals surface area contributed by atoms with Crippen LogP contribution in [0.4, 0.5) is 11.5 Å². The first kappa shape index (κ1) is 24.1. The molecule has 2 aromatic heterocycles. The molecule has 2 aliphatic rings. The molecule has 2 heterocycles. The van der Waals surface area contributed by atoms with Gasteiger partial charge in [-0.05, 0) is 86.4 Å². The molecule has 3 aromatic rings. The number of pyridine rings is 2. The Morgan fingerprint density at radius 3 is 2.22 bits per heavy atom. The van der Waals surface area contributed by atoms with E-state index in [2.05, 4.69) is 26.7 Å². The van der Waals surface area contributed by atoms with E-state index in [0.29, 0.717) is 11.5 Å². The Balaban J connectivity index is 1.33. The number of nitrogens with zero attached hydrogens (tertiary/aromatic N) is 2. The van der Waals surface area contributed by atoms with Crippen LogP contribution in [0.1, 0.15) is 44.2 Å². The lowest BCUT2D eigenvalue weighted by atomic mass is 9.86. The van der Waals surface area contributed by atoms with Crippen LogP contribution in [0.5, 0.6) is 0 Å². The van der Waals surface area contributed by atoms with Gasteiger partial charge in [0.25, 0.3) is 0 Å². The van der Waals surface area contributed by atoms with Gasteiger partial charge < -0.3 is 15.4 Å². The van der Waals surface area contributed by atoms with Gasteiger partial charge in [0.1, 0.15) is 5.82 Å². The van der Waals surface area contributed by atoms with Crippen molar-refractivity contribution >= 4 is 23.3 Å². The Morgan fingerprint density at radius 1 is 0.833 bits per heavy atom. The van der Waals surface area contributed by atoms with Gasteiger partial charge >= 0.3 is 0 Å². The molecule has 2 amide bonds. The Hall–Kier alpha value is -3.58. The first-order valence-electron chi connectivity index (χ1n) is 12.7. The summed E-state index contributed by atoms with van der Waals surface area (Å²) in [6.07, 6.45) is 9.12. The highest BCUT2D eigenvalue weighted by Gasteiger charge is 2.30. The fourth-order valence-corrected chi connectivity index (χ4v) is 4.82. The summed E-state index contributed by atoms with van der Waals surface area (Å²) < 4.78 is 5.43. The molecular formula is C29H32N4O3. The lowest BCUT2D eigenvalue weighted by molar-refractivity contribution is -0.121. The van der Waals surface area contributed by atoms with Crippen molar-refractivity contribution in [3.05, 3.63) is 60.6 Å². The number of carbonyl (C=O) groups is 2. The maximum Gasteiger partial charge on any atom is 0.228 e. The lowest BCUT2D eigenvalue weighted by Gasteiger charge is -2.26. The summed E-state index contributed by atoms with van der Waals surface area (Å²) in [5.74, 6) is 0.790. The summed E-state index contributed by atoms with van der Waals surface area (Å²) in [6, 6.07) is 14.0. The largest absolute Gasteiger partial charge is 0.381 e. The van der Waals surface area contributed by atoms with E-state index in [1.165, 1.54) is 0 Å². The number of nitrogens with one attached hydrogen (secondary N) is 2. The van der Waals surface area contributed by atoms with Crippen LogP contribution in [0.25, 0.3) is 22.3 Å². The molecule has 7 heteroatoms. The average molecular weight is 485 g/mol. The van der Waals surface area contributed by atoms with E-state index in [-0.39, 0.29) is 29.8 Å². The molecule has 186 valence electrons. The molecule has 0 spiro atoms. The highest BCUT2D eigenvalue weighted by atomic mass is 16.5. The van der Waals surface area contributed by atoms with Gasteiger partial charge in [0.05, 0.1) is 18.0 Å². The van der Waals surface area contributed by atoms with Crippen molar-refractivity contribution in [3.8, 4) is 22.3 Å². The van der Waals surface area contributed by atoms with Crippen LogP contribution in [-0.4, -0.2) is 35.0 Å². The number of hydrogen-bond acceptors (Lipinski definition) is 5. The third-order valence-electron chi connectivity index (χ3n) is 7.20. The quantitative estimate of drug-likeness (QED) is 0.455. The zero-order valence-corrected chi connectivity index (χ0v) is 20.8. The number of rotatable bonds is 7. The third-order valence-corrected chi connectivity index (χ3v) is 7.20. The molecule has 5 rings (SSSR count). The molecule has 36 heavy (non-hydrogen) atoms. The summed E-state index contributed by atoms with van der Waals surface area (Å²) in [4.78, 5) is 33.9. The molecule has 1 aromatic carbocycles. The van der Waals surface area contributed by atoms with Crippen molar-refractivity contribution < 1.29 is 14.3 Å². The van der Waals surface area contributed by atoms with Crippen LogP contribution in [0, 0.1) is 18.8 Å². The van der Waals surface area contributed by atoms with Crippen LogP contribution in [-0.2, 0) is 14.3 Å². The molecule has 0 radical (unpaired) electrons. The fourth-order valence-electron chi connectivity index (χ4n) is 4.82. The van der Waals surface area contributed by atoms with Gasteiger partial charge in [-0.1, -0.05) is 18.2 Å². The Kier molecular flexibility index (Phi) is 7.09. The highest BCUT2D eigenvalue weighted by Crippen LogP contribution is 2.32. The topological polar surface area (TPSA) is 93.2 Å². The third kappa shape index (κ3) is 5.62. The SMILES string of the molecule is COC1CCC(C(=O)Nc2cnc(C)c(-c3cccc(-c4ccnc(NC(=O)C5CC5)c4)c3)c2)CC1.